The summed E-state index contributed by atoms with van der Waals surface area (Å²) >= 11 is 0. The van der Waals surface area contributed by atoms with Crippen molar-refractivity contribution in [2.45, 2.75) is 0 Å². The molecule has 0 fully saturated rings. The van der Waals surface area contributed by atoms with E-state index in [4.69, 9.17) is 5.11 Å². The van der Waals surface area contributed by atoms with Crippen LogP contribution < -0.4 is 10.2 Å². The number of carbonyl (C=O) groups excluding carboxylic acids is 1. The summed E-state index contributed by atoms with van der Waals surface area (Å²) in [5, 5.41) is 20.8. The fraction of sp³-hybridized carbons (Fsp3) is 0.0714. The van der Waals surface area contributed by atoms with Gasteiger partial charge in [-0.25, -0.2) is 9.59 Å². The zero-order chi connectivity index (χ0) is 15.4. The fourth-order valence-corrected chi connectivity index (χ4v) is 1.65. The summed E-state index contributed by atoms with van der Waals surface area (Å²) in [7, 11) is 1.53. The SMILES string of the molecule is CN(C(=O)Nc1cncc(C(=O)O)c1)c1cccc(O)c1. The zero-order valence-electron chi connectivity index (χ0n) is 11.1. The van der Waals surface area contributed by atoms with Crippen LogP contribution in [-0.2, 0) is 0 Å². The highest BCUT2D eigenvalue weighted by atomic mass is 16.4. The van der Waals surface area contributed by atoms with E-state index in [2.05, 4.69) is 10.3 Å². The first kappa shape index (κ1) is 14.3. The van der Waals surface area contributed by atoms with Crippen molar-refractivity contribution >= 4 is 23.4 Å². The van der Waals surface area contributed by atoms with Gasteiger partial charge in [0.25, 0.3) is 0 Å². The first-order valence-corrected chi connectivity index (χ1v) is 5.99. The molecule has 2 rings (SSSR count). The number of benzene rings is 1. The van der Waals surface area contributed by atoms with Gasteiger partial charge in [-0.3, -0.25) is 9.88 Å². The summed E-state index contributed by atoms with van der Waals surface area (Å²) in [5.74, 6) is -1.08. The van der Waals surface area contributed by atoms with E-state index in [0.29, 0.717) is 5.69 Å². The number of amides is 2. The Kier molecular flexibility index (Phi) is 4.03. The smallest absolute Gasteiger partial charge is 0.337 e. The van der Waals surface area contributed by atoms with Crippen LogP contribution in [0.5, 0.6) is 5.75 Å². The molecule has 1 heterocycles. The van der Waals surface area contributed by atoms with E-state index in [-0.39, 0.29) is 17.0 Å². The van der Waals surface area contributed by atoms with E-state index in [9.17, 15) is 14.7 Å². The van der Waals surface area contributed by atoms with Crippen molar-refractivity contribution in [2.75, 3.05) is 17.3 Å². The van der Waals surface area contributed by atoms with Crippen LogP contribution in [0.25, 0.3) is 0 Å². The number of phenols is 1. The number of aromatic hydroxyl groups is 1. The van der Waals surface area contributed by atoms with Crippen LogP contribution in [0.4, 0.5) is 16.2 Å². The molecule has 0 aliphatic heterocycles. The van der Waals surface area contributed by atoms with Crippen molar-refractivity contribution in [3.63, 3.8) is 0 Å². The number of rotatable bonds is 3. The van der Waals surface area contributed by atoms with E-state index in [1.54, 1.807) is 12.1 Å². The Hall–Kier alpha value is -3.09. The van der Waals surface area contributed by atoms with Crippen molar-refractivity contribution in [1.82, 2.24) is 4.98 Å². The number of nitrogens with one attached hydrogen (secondary N) is 1. The van der Waals surface area contributed by atoms with Gasteiger partial charge in [0, 0.05) is 25.0 Å². The van der Waals surface area contributed by atoms with Crippen molar-refractivity contribution in [2.24, 2.45) is 0 Å². The maximum atomic E-state index is 12.1. The first-order chi connectivity index (χ1) is 9.97. The first-order valence-electron chi connectivity index (χ1n) is 5.99. The molecule has 7 nitrogen and oxygen atoms in total. The molecule has 0 saturated carbocycles. The fourth-order valence-electron chi connectivity index (χ4n) is 1.65. The highest BCUT2D eigenvalue weighted by molar-refractivity contribution is 6.02. The molecule has 0 unspecified atom stereocenters. The highest BCUT2D eigenvalue weighted by Gasteiger charge is 2.12. The van der Waals surface area contributed by atoms with Crippen LogP contribution in [0.15, 0.2) is 42.7 Å². The number of aromatic nitrogens is 1. The average molecular weight is 287 g/mol. The number of urea groups is 1. The average Bonchev–Trinajstić information content (AvgIpc) is 2.46. The van der Waals surface area contributed by atoms with Gasteiger partial charge < -0.3 is 15.5 Å². The minimum absolute atomic E-state index is 0.0205. The molecule has 108 valence electrons. The number of aromatic carboxylic acids is 1. The van der Waals surface area contributed by atoms with E-state index < -0.39 is 12.0 Å². The topological polar surface area (TPSA) is 103 Å². The highest BCUT2D eigenvalue weighted by Crippen LogP contribution is 2.19. The molecule has 0 spiro atoms. The Balaban J connectivity index is 2.14. The summed E-state index contributed by atoms with van der Waals surface area (Å²) in [6.45, 7) is 0. The molecule has 3 N–H and O–H groups in total. The molecule has 0 aliphatic carbocycles. The maximum absolute atomic E-state index is 12.1. The molecule has 1 aromatic heterocycles. The zero-order valence-corrected chi connectivity index (χ0v) is 11.1. The van der Waals surface area contributed by atoms with E-state index in [0.717, 1.165) is 0 Å². The Morgan fingerprint density at radius 1 is 1.24 bits per heavy atom. The third-order valence-corrected chi connectivity index (χ3v) is 2.76. The van der Waals surface area contributed by atoms with Gasteiger partial charge in [-0.2, -0.15) is 0 Å². The Labute approximate surface area is 120 Å². The molecule has 0 atom stereocenters. The number of carboxylic acid groups (broad SMARTS) is 1. The van der Waals surface area contributed by atoms with Gasteiger partial charge in [0.2, 0.25) is 0 Å². The molecule has 0 saturated heterocycles. The predicted octanol–water partition coefficient (Wildman–Crippen LogP) is 2.15. The summed E-state index contributed by atoms with van der Waals surface area (Å²) in [6, 6.07) is 7.03. The number of nitrogens with zero attached hydrogens (tertiary/aromatic N) is 2. The summed E-state index contributed by atoms with van der Waals surface area (Å²) < 4.78 is 0. The molecular weight excluding hydrogens is 274 g/mol. The van der Waals surface area contributed by atoms with Gasteiger partial charge in [0.15, 0.2) is 0 Å². The molecule has 21 heavy (non-hydrogen) atoms. The normalized spacial score (nSPS) is 9.95. The van der Waals surface area contributed by atoms with E-state index in [1.807, 2.05) is 0 Å². The van der Waals surface area contributed by atoms with Gasteiger partial charge in [0.1, 0.15) is 5.75 Å². The Bertz CT molecular complexity index is 687. The largest absolute Gasteiger partial charge is 0.508 e. The quantitative estimate of drug-likeness (QED) is 0.802. The predicted molar refractivity (Wildman–Crippen MR) is 76.7 cm³/mol. The second kappa shape index (κ2) is 5.91. The third kappa shape index (κ3) is 3.47. The summed E-state index contributed by atoms with van der Waals surface area (Å²) in [5.41, 5.74) is 0.745. The second-order valence-electron chi connectivity index (χ2n) is 4.28. The molecule has 0 aliphatic rings. The lowest BCUT2D eigenvalue weighted by molar-refractivity contribution is 0.0696. The number of hydrogen-bond donors (Lipinski definition) is 3. The second-order valence-corrected chi connectivity index (χ2v) is 4.28. The summed E-state index contributed by atoms with van der Waals surface area (Å²) in [4.78, 5) is 27.9. The van der Waals surface area contributed by atoms with Gasteiger partial charge in [-0.1, -0.05) is 6.07 Å². The van der Waals surface area contributed by atoms with Crippen LogP contribution in [0.2, 0.25) is 0 Å². The maximum Gasteiger partial charge on any atom is 0.337 e. The number of anilines is 2. The number of pyridine rings is 1. The third-order valence-electron chi connectivity index (χ3n) is 2.76. The van der Waals surface area contributed by atoms with Crippen molar-refractivity contribution in [3.8, 4) is 5.75 Å². The van der Waals surface area contributed by atoms with Crippen molar-refractivity contribution in [3.05, 3.63) is 48.3 Å². The van der Waals surface area contributed by atoms with E-state index in [1.165, 1.54) is 42.5 Å². The molecule has 2 amide bonds. The van der Waals surface area contributed by atoms with Crippen LogP contribution in [0.3, 0.4) is 0 Å². The lowest BCUT2D eigenvalue weighted by Gasteiger charge is -2.18. The van der Waals surface area contributed by atoms with Crippen LogP contribution in [0, 0.1) is 0 Å². The minimum Gasteiger partial charge on any atom is -0.508 e. The number of phenolic OH excluding ortho intramolecular Hbond substituents is 1. The molecule has 7 heteroatoms. The van der Waals surface area contributed by atoms with Crippen molar-refractivity contribution < 1.29 is 19.8 Å². The lowest BCUT2D eigenvalue weighted by atomic mass is 10.2. The lowest BCUT2D eigenvalue weighted by Crippen LogP contribution is -2.31. The Morgan fingerprint density at radius 3 is 2.67 bits per heavy atom. The Morgan fingerprint density at radius 2 is 2.00 bits per heavy atom. The molecule has 1 aromatic carbocycles. The molecule has 2 aromatic rings. The summed E-state index contributed by atoms with van der Waals surface area (Å²) in [6.07, 6.45) is 2.54. The van der Waals surface area contributed by atoms with Crippen molar-refractivity contribution in [1.29, 1.82) is 0 Å². The molecular formula is C14H13N3O4. The minimum atomic E-state index is -1.13. The van der Waals surface area contributed by atoms with Crippen LogP contribution in [-0.4, -0.2) is 34.2 Å². The van der Waals surface area contributed by atoms with Crippen LogP contribution >= 0.6 is 0 Å². The number of hydrogen-bond acceptors (Lipinski definition) is 4. The standard InChI is InChI=1S/C14H13N3O4/c1-17(11-3-2-4-12(18)6-11)14(21)16-10-5-9(13(19)20)7-15-8-10/h2-8,18H,1H3,(H,16,21)(H,19,20). The monoisotopic (exact) mass is 287 g/mol. The van der Waals surface area contributed by atoms with Crippen LogP contribution in [0.1, 0.15) is 10.4 Å². The molecule has 0 bridgehead atoms. The molecule has 0 radical (unpaired) electrons. The van der Waals surface area contributed by atoms with E-state index >= 15 is 0 Å². The number of carbonyl (C=O) groups is 2. The van der Waals surface area contributed by atoms with Gasteiger partial charge in [-0.05, 0) is 18.2 Å². The van der Waals surface area contributed by atoms with Gasteiger partial charge in [-0.15, -0.1) is 0 Å². The van der Waals surface area contributed by atoms with Gasteiger partial charge in [0.05, 0.1) is 17.4 Å². The number of carboxylic acids is 1. The van der Waals surface area contributed by atoms with Gasteiger partial charge >= 0.3 is 12.0 Å².